The van der Waals surface area contributed by atoms with Crippen LogP contribution in [0.25, 0.3) is 0 Å². The maximum absolute atomic E-state index is 6.30. The average molecular weight is 270 g/mol. The molecule has 2 rings (SSSR count). The number of hydrogen-bond donors (Lipinski definition) is 1. The van der Waals surface area contributed by atoms with Crippen LogP contribution in [0.3, 0.4) is 0 Å². The third-order valence-electron chi connectivity index (χ3n) is 5.02. The van der Waals surface area contributed by atoms with E-state index in [9.17, 15) is 0 Å². The molecule has 0 bridgehead atoms. The summed E-state index contributed by atoms with van der Waals surface area (Å²) in [6, 6.07) is 0. The van der Waals surface area contributed by atoms with E-state index in [1.807, 2.05) is 7.11 Å². The molecule has 2 unspecified atom stereocenters. The molecule has 2 aliphatic rings. The van der Waals surface area contributed by atoms with Gasteiger partial charge in [-0.15, -0.1) is 0 Å². The number of nitrogens with two attached hydrogens (primary N) is 1. The molecular formula is C15H30N2O2. The number of piperidine rings is 1. The monoisotopic (exact) mass is 270 g/mol. The Morgan fingerprint density at radius 1 is 1.32 bits per heavy atom. The van der Waals surface area contributed by atoms with Gasteiger partial charge in [0.1, 0.15) is 0 Å². The van der Waals surface area contributed by atoms with E-state index in [0.717, 1.165) is 25.9 Å². The standard InChI is InChI=1S/C15H30N2O2/c1-13(2)10-15(11-16,14(3,4)19-13)17-8-6-7-12(9-17)18-5/h12H,6-11,16H2,1-5H3. The smallest absolute Gasteiger partial charge is 0.0830 e. The Morgan fingerprint density at radius 3 is 2.47 bits per heavy atom. The quantitative estimate of drug-likeness (QED) is 0.849. The number of ether oxygens (including phenoxy) is 2. The molecule has 0 radical (unpaired) electrons. The predicted octanol–water partition coefficient (Wildman–Crippen LogP) is 1.77. The molecule has 0 aromatic heterocycles. The third kappa shape index (κ3) is 2.56. The van der Waals surface area contributed by atoms with Crippen molar-refractivity contribution in [3.8, 4) is 0 Å². The molecule has 112 valence electrons. The van der Waals surface area contributed by atoms with Gasteiger partial charge >= 0.3 is 0 Å². The van der Waals surface area contributed by atoms with Gasteiger partial charge < -0.3 is 15.2 Å². The number of methoxy groups -OCH3 is 1. The Kier molecular flexibility index (Phi) is 4.00. The zero-order valence-electron chi connectivity index (χ0n) is 13.2. The van der Waals surface area contributed by atoms with E-state index in [1.54, 1.807) is 0 Å². The summed E-state index contributed by atoms with van der Waals surface area (Å²) in [6.07, 6.45) is 3.64. The topological polar surface area (TPSA) is 47.7 Å². The number of rotatable bonds is 3. The zero-order chi connectivity index (χ0) is 14.3. The first kappa shape index (κ1) is 15.2. The molecule has 0 saturated carbocycles. The molecule has 2 N–H and O–H groups in total. The van der Waals surface area contributed by atoms with E-state index >= 15 is 0 Å². The highest BCUT2D eigenvalue weighted by molar-refractivity contribution is 5.13. The predicted molar refractivity (Wildman–Crippen MR) is 77.2 cm³/mol. The summed E-state index contributed by atoms with van der Waals surface area (Å²) in [7, 11) is 1.81. The Morgan fingerprint density at radius 2 is 2.00 bits per heavy atom. The normalized spacial score (nSPS) is 38.5. The molecule has 4 nitrogen and oxygen atoms in total. The maximum atomic E-state index is 6.30. The van der Waals surface area contributed by atoms with E-state index < -0.39 is 0 Å². The van der Waals surface area contributed by atoms with Crippen LogP contribution < -0.4 is 5.73 Å². The summed E-state index contributed by atoms with van der Waals surface area (Å²) in [5, 5.41) is 0. The van der Waals surface area contributed by atoms with Crippen LogP contribution in [0.15, 0.2) is 0 Å². The van der Waals surface area contributed by atoms with Gasteiger partial charge in [0.2, 0.25) is 0 Å². The molecule has 0 spiro atoms. The summed E-state index contributed by atoms with van der Waals surface area (Å²) >= 11 is 0. The van der Waals surface area contributed by atoms with Gasteiger partial charge in [-0.05, 0) is 53.5 Å². The van der Waals surface area contributed by atoms with Crippen LogP contribution in [-0.4, -0.2) is 54.5 Å². The van der Waals surface area contributed by atoms with Crippen molar-refractivity contribution < 1.29 is 9.47 Å². The molecule has 4 heteroatoms. The number of hydrogen-bond acceptors (Lipinski definition) is 4. The van der Waals surface area contributed by atoms with Crippen molar-refractivity contribution in [3.63, 3.8) is 0 Å². The summed E-state index contributed by atoms with van der Waals surface area (Å²) in [6.45, 7) is 11.4. The third-order valence-corrected chi connectivity index (χ3v) is 5.02. The van der Waals surface area contributed by atoms with Crippen LogP contribution in [0.5, 0.6) is 0 Å². The molecule has 0 aromatic rings. The van der Waals surface area contributed by atoms with Gasteiger partial charge in [-0.3, -0.25) is 4.90 Å². The van der Waals surface area contributed by atoms with Crippen LogP contribution in [-0.2, 0) is 9.47 Å². The first-order chi connectivity index (χ1) is 8.76. The van der Waals surface area contributed by atoms with Gasteiger partial charge in [0, 0.05) is 20.2 Å². The largest absolute Gasteiger partial charge is 0.380 e. The molecule has 2 saturated heterocycles. The molecule has 19 heavy (non-hydrogen) atoms. The SMILES string of the molecule is COC1CCCN(C2(CN)CC(C)(C)OC2(C)C)C1. The van der Waals surface area contributed by atoms with Crippen molar-refractivity contribution in [2.24, 2.45) is 5.73 Å². The van der Waals surface area contributed by atoms with Gasteiger partial charge in [-0.25, -0.2) is 0 Å². The van der Waals surface area contributed by atoms with Gasteiger partial charge in [-0.1, -0.05) is 0 Å². The van der Waals surface area contributed by atoms with E-state index in [1.165, 1.54) is 6.42 Å². The van der Waals surface area contributed by atoms with E-state index in [0.29, 0.717) is 12.6 Å². The molecular weight excluding hydrogens is 240 g/mol. The summed E-state index contributed by atoms with van der Waals surface area (Å²) in [5.74, 6) is 0. The van der Waals surface area contributed by atoms with Crippen molar-refractivity contribution in [2.45, 2.75) is 69.8 Å². The zero-order valence-corrected chi connectivity index (χ0v) is 13.2. The fourth-order valence-electron chi connectivity index (χ4n) is 4.20. The average Bonchev–Trinajstić information content (AvgIpc) is 2.54. The van der Waals surface area contributed by atoms with Crippen LogP contribution in [0, 0.1) is 0 Å². The Hall–Kier alpha value is -0.160. The van der Waals surface area contributed by atoms with Crippen molar-refractivity contribution >= 4 is 0 Å². The minimum Gasteiger partial charge on any atom is -0.380 e. The first-order valence-electron chi connectivity index (χ1n) is 7.44. The van der Waals surface area contributed by atoms with Crippen molar-refractivity contribution in [1.82, 2.24) is 4.90 Å². The first-order valence-corrected chi connectivity index (χ1v) is 7.44. The summed E-state index contributed by atoms with van der Waals surface area (Å²) in [4.78, 5) is 2.53. The highest BCUT2D eigenvalue weighted by Gasteiger charge is 2.59. The lowest BCUT2D eigenvalue weighted by Crippen LogP contribution is -2.65. The number of nitrogens with zero attached hydrogens (tertiary/aromatic N) is 1. The fraction of sp³-hybridized carbons (Fsp3) is 1.00. The molecule has 0 amide bonds. The lowest BCUT2D eigenvalue weighted by atomic mass is 9.76. The summed E-state index contributed by atoms with van der Waals surface area (Å²) < 4.78 is 11.9. The van der Waals surface area contributed by atoms with Crippen molar-refractivity contribution in [2.75, 3.05) is 26.7 Å². The van der Waals surface area contributed by atoms with Crippen LogP contribution in [0.2, 0.25) is 0 Å². The fourth-order valence-corrected chi connectivity index (χ4v) is 4.20. The van der Waals surface area contributed by atoms with E-state index in [4.69, 9.17) is 15.2 Å². The maximum Gasteiger partial charge on any atom is 0.0830 e. The minimum absolute atomic E-state index is 0.0757. The van der Waals surface area contributed by atoms with Crippen LogP contribution in [0.4, 0.5) is 0 Å². The highest BCUT2D eigenvalue weighted by atomic mass is 16.5. The van der Waals surface area contributed by atoms with E-state index in [-0.39, 0.29) is 16.7 Å². The lowest BCUT2D eigenvalue weighted by Gasteiger charge is -2.50. The Bertz CT molecular complexity index is 330. The lowest BCUT2D eigenvalue weighted by molar-refractivity contribution is -0.115. The Balaban J connectivity index is 2.27. The Labute approximate surface area is 117 Å². The molecule has 2 atom stereocenters. The summed E-state index contributed by atoms with van der Waals surface area (Å²) in [5.41, 5.74) is 5.82. The highest BCUT2D eigenvalue weighted by Crippen LogP contribution is 2.48. The van der Waals surface area contributed by atoms with Gasteiger partial charge in [0.25, 0.3) is 0 Å². The second-order valence-electron chi connectivity index (χ2n) is 7.23. The van der Waals surface area contributed by atoms with Gasteiger partial charge in [0.05, 0.1) is 22.8 Å². The molecule has 0 aromatic carbocycles. The van der Waals surface area contributed by atoms with Gasteiger partial charge in [0.15, 0.2) is 0 Å². The molecule has 2 aliphatic heterocycles. The van der Waals surface area contributed by atoms with Crippen molar-refractivity contribution in [3.05, 3.63) is 0 Å². The molecule has 2 heterocycles. The molecule has 0 aliphatic carbocycles. The van der Waals surface area contributed by atoms with Gasteiger partial charge in [-0.2, -0.15) is 0 Å². The van der Waals surface area contributed by atoms with Crippen molar-refractivity contribution in [1.29, 1.82) is 0 Å². The number of likely N-dealkylation sites (tertiary alicyclic amines) is 1. The van der Waals surface area contributed by atoms with Crippen LogP contribution >= 0.6 is 0 Å². The minimum atomic E-state index is -0.221. The van der Waals surface area contributed by atoms with E-state index in [2.05, 4.69) is 32.6 Å². The second-order valence-corrected chi connectivity index (χ2v) is 7.23. The second kappa shape index (κ2) is 4.99. The molecule has 2 fully saturated rings. The van der Waals surface area contributed by atoms with Crippen LogP contribution in [0.1, 0.15) is 47.0 Å².